The van der Waals surface area contributed by atoms with Crippen molar-refractivity contribution in [3.63, 3.8) is 0 Å². The summed E-state index contributed by atoms with van der Waals surface area (Å²) in [5, 5.41) is 3.20. The van der Waals surface area contributed by atoms with Crippen LogP contribution in [0.25, 0.3) is 0 Å². The number of anilines is 3. The van der Waals surface area contributed by atoms with Crippen molar-refractivity contribution in [1.82, 2.24) is 19.9 Å². The van der Waals surface area contributed by atoms with Gasteiger partial charge in [-0.25, -0.2) is 0 Å². The van der Waals surface area contributed by atoms with E-state index in [4.69, 9.17) is 0 Å². The van der Waals surface area contributed by atoms with E-state index in [0.29, 0.717) is 17.9 Å². The maximum atomic E-state index is 4.62. The molecule has 0 radical (unpaired) electrons. The van der Waals surface area contributed by atoms with Gasteiger partial charge in [-0.2, -0.15) is 15.0 Å². The van der Waals surface area contributed by atoms with E-state index < -0.39 is 0 Å². The number of aromatic nitrogens is 3. The summed E-state index contributed by atoms with van der Waals surface area (Å²) in [5.41, 5.74) is 0. The molecule has 1 N–H and O–H groups in total. The highest BCUT2D eigenvalue weighted by Crippen LogP contribution is 2.24. The molecule has 2 fully saturated rings. The lowest BCUT2D eigenvalue weighted by Crippen LogP contribution is -2.50. The Morgan fingerprint density at radius 2 is 2.05 bits per heavy atom. The molecular formula is C14H25N7. The van der Waals surface area contributed by atoms with Crippen LogP contribution in [-0.2, 0) is 0 Å². The highest BCUT2D eigenvalue weighted by atomic mass is 15.4. The average molecular weight is 291 g/mol. The molecule has 2 saturated heterocycles. The maximum Gasteiger partial charge on any atom is 0.232 e. The fourth-order valence-corrected chi connectivity index (χ4v) is 3.11. The van der Waals surface area contributed by atoms with Gasteiger partial charge in [-0.3, -0.25) is 4.90 Å². The maximum absolute atomic E-state index is 4.62. The number of hydrogen-bond acceptors (Lipinski definition) is 7. The Morgan fingerprint density at radius 1 is 1.19 bits per heavy atom. The van der Waals surface area contributed by atoms with Crippen LogP contribution in [0, 0.1) is 0 Å². The third kappa shape index (κ3) is 3.02. The summed E-state index contributed by atoms with van der Waals surface area (Å²) in [4.78, 5) is 20.5. The first-order chi connectivity index (χ1) is 10.2. The van der Waals surface area contributed by atoms with Crippen molar-refractivity contribution in [2.24, 2.45) is 0 Å². The van der Waals surface area contributed by atoms with E-state index in [9.17, 15) is 0 Å². The Balaban J connectivity index is 1.83. The van der Waals surface area contributed by atoms with E-state index in [1.165, 1.54) is 19.4 Å². The number of rotatable bonds is 4. The fourth-order valence-electron chi connectivity index (χ4n) is 3.11. The lowest BCUT2D eigenvalue weighted by atomic mass is 10.2. The van der Waals surface area contributed by atoms with Gasteiger partial charge in [0.1, 0.15) is 0 Å². The van der Waals surface area contributed by atoms with Gasteiger partial charge in [0.2, 0.25) is 17.8 Å². The molecule has 2 aliphatic rings. The summed E-state index contributed by atoms with van der Waals surface area (Å²) in [5.74, 6) is 2.18. The van der Waals surface area contributed by atoms with Gasteiger partial charge in [-0.05, 0) is 26.3 Å². The predicted molar refractivity (Wildman–Crippen MR) is 85.1 cm³/mol. The van der Waals surface area contributed by atoms with Gasteiger partial charge < -0.3 is 15.1 Å². The van der Waals surface area contributed by atoms with Crippen molar-refractivity contribution < 1.29 is 0 Å². The zero-order valence-corrected chi connectivity index (χ0v) is 13.2. The number of hydrogen-bond donors (Lipinski definition) is 1. The SMILES string of the molecule is CCNc1nc(N(C)C)nc(N2CCN3CCCC3C2)n1. The van der Waals surface area contributed by atoms with E-state index in [-0.39, 0.29) is 0 Å². The topological polar surface area (TPSA) is 60.4 Å². The first-order valence-electron chi connectivity index (χ1n) is 7.83. The van der Waals surface area contributed by atoms with Crippen LogP contribution in [0.2, 0.25) is 0 Å². The van der Waals surface area contributed by atoms with Crippen LogP contribution >= 0.6 is 0 Å². The van der Waals surface area contributed by atoms with Gasteiger partial charge >= 0.3 is 0 Å². The Bertz CT molecular complexity index is 490. The summed E-state index contributed by atoms with van der Waals surface area (Å²) in [6.07, 6.45) is 2.61. The van der Waals surface area contributed by atoms with Crippen molar-refractivity contribution >= 4 is 17.8 Å². The van der Waals surface area contributed by atoms with Crippen LogP contribution in [0.3, 0.4) is 0 Å². The molecule has 3 heterocycles. The number of piperazine rings is 1. The van der Waals surface area contributed by atoms with Crippen molar-refractivity contribution in [1.29, 1.82) is 0 Å². The third-order valence-electron chi connectivity index (χ3n) is 4.22. The fraction of sp³-hybridized carbons (Fsp3) is 0.786. The van der Waals surface area contributed by atoms with Crippen LogP contribution in [0.5, 0.6) is 0 Å². The molecule has 1 atom stereocenters. The van der Waals surface area contributed by atoms with Crippen molar-refractivity contribution in [3.05, 3.63) is 0 Å². The Morgan fingerprint density at radius 3 is 2.81 bits per heavy atom. The van der Waals surface area contributed by atoms with Crippen LogP contribution in [0.15, 0.2) is 0 Å². The summed E-state index contributed by atoms with van der Waals surface area (Å²) in [6.45, 7) is 7.26. The Hall–Kier alpha value is -1.63. The monoisotopic (exact) mass is 291 g/mol. The summed E-state index contributed by atoms with van der Waals surface area (Å²) >= 11 is 0. The molecule has 0 bridgehead atoms. The molecule has 0 saturated carbocycles. The van der Waals surface area contributed by atoms with Gasteiger partial charge in [-0.1, -0.05) is 0 Å². The molecular weight excluding hydrogens is 266 g/mol. The minimum Gasteiger partial charge on any atom is -0.354 e. The zero-order valence-electron chi connectivity index (χ0n) is 13.2. The molecule has 1 unspecified atom stereocenters. The number of fused-ring (bicyclic) bond motifs is 1. The standard InChI is InChI=1S/C14H25N7/c1-4-15-12-16-13(19(2)3)18-14(17-12)21-9-8-20-7-5-6-11(20)10-21/h11H,4-10H2,1-3H3,(H,15,16,17,18). The molecule has 0 spiro atoms. The lowest BCUT2D eigenvalue weighted by Gasteiger charge is -2.37. The minimum absolute atomic E-state index is 0.667. The summed E-state index contributed by atoms with van der Waals surface area (Å²) in [7, 11) is 3.92. The largest absolute Gasteiger partial charge is 0.354 e. The van der Waals surface area contributed by atoms with Gasteiger partial charge in [-0.15, -0.1) is 0 Å². The van der Waals surface area contributed by atoms with E-state index in [0.717, 1.165) is 32.1 Å². The van der Waals surface area contributed by atoms with Gasteiger partial charge in [0.05, 0.1) is 0 Å². The van der Waals surface area contributed by atoms with Crippen molar-refractivity contribution in [2.75, 3.05) is 61.9 Å². The van der Waals surface area contributed by atoms with Crippen molar-refractivity contribution in [3.8, 4) is 0 Å². The molecule has 116 valence electrons. The van der Waals surface area contributed by atoms with Crippen LogP contribution in [0.4, 0.5) is 17.8 Å². The van der Waals surface area contributed by atoms with Gasteiger partial charge in [0.15, 0.2) is 0 Å². The van der Waals surface area contributed by atoms with E-state index >= 15 is 0 Å². The molecule has 7 nitrogen and oxygen atoms in total. The Kier molecular flexibility index (Phi) is 4.10. The second-order valence-corrected chi connectivity index (χ2v) is 5.96. The van der Waals surface area contributed by atoms with Crippen molar-refractivity contribution in [2.45, 2.75) is 25.8 Å². The second-order valence-electron chi connectivity index (χ2n) is 5.96. The smallest absolute Gasteiger partial charge is 0.232 e. The van der Waals surface area contributed by atoms with Gasteiger partial charge in [0.25, 0.3) is 0 Å². The lowest BCUT2D eigenvalue weighted by molar-refractivity contribution is 0.229. The van der Waals surface area contributed by atoms with E-state index in [2.05, 4.69) is 37.0 Å². The van der Waals surface area contributed by atoms with Crippen LogP contribution in [0.1, 0.15) is 19.8 Å². The van der Waals surface area contributed by atoms with E-state index in [1.54, 1.807) is 0 Å². The zero-order chi connectivity index (χ0) is 14.8. The summed E-state index contributed by atoms with van der Waals surface area (Å²) in [6, 6.07) is 0.668. The second kappa shape index (κ2) is 6.01. The normalized spacial score (nSPS) is 22.2. The molecule has 7 heteroatoms. The summed E-state index contributed by atoms with van der Waals surface area (Å²) < 4.78 is 0. The highest BCUT2D eigenvalue weighted by Gasteiger charge is 2.31. The number of nitrogens with one attached hydrogen (secondary N) is 1. The van der Waals surface area contributed by atoms with Gasteiger partial charge in [0, 0.05) is 46.3 Å². The van der Waals surface area contributed by atoms with Crippen LogP contribution in [-0.4, -0.2) is 72.7 Å². The molecule has 3 rings (SSSR count). The first kappa shape index (κ1) is 14.3. The quantitative estimate of drug-likeness (QED) is 0.874. The Labute approximate surface area is 126 Å². The molecule has 1 aromatic rings. The molecule has 1 aromatic heterocycles. The van der Waals surface area contributed by atoms with E-state index in [1.807, 2.05) is 19.0 Å². The number of nitrogens with zero attached hydrogens (tertiary/aromatic N) is 6. The van der Waals surface area contributed by atoms with Crippen LogP contribution < -0.4 is 15.1 Å². The molecule has 0 aromatic carbocycles. The average Bonchev–Trinajstić information content (AvgIpc) is 2.94. The first-order valence-corrected chi connectivity index (χ1v) is 7.83. The minimum atomic E-state index is 0.667. The predicted octanol–water partition coefficient (Wildman–Crippen LogP) is 0.654. The third-order valence-corrected chi connectivity index (χ3v) is 4.22. The molecule has 21 heavy (non-hydrogen) atoms. The molecule has 0 aliphatic carbocycles. The highest BCUT2D eigenvalue weighted by molar-refractivity contribution is 5.45. The molecule has 0 amide bonds. The molecule has 2 aliphatic heterocycles.